The number of H-pyrrole nitrogens is 1. The number of thiazole rings is 1. The number of anilines is 1. The van der Waals surface area contributed by atoms with Gasteiger partial charge in [-0.3, -0.25) is 10.1 Å². The predicted molar refractivity (Wildman–Crippen MR) is 107 cm³/mol. The summed E-state index contributed by atoms with van der Waals surface area (Å²) in [5.41, 5.74) is 3.28. The van der Waals surface area contributed by atoms with Gasteiger partial charge in [0.2, 0.25) is 0 Å². The van der Waals surface area contributed by atoms with Crippen LogP contribution in [0.3, 0.4) is 0 Å². The van der Waals surface area contributed by atoms with Crippen molar-refractivity contribution in [1.82, 2.24) is 9.97 Å². The van der Waals surface area contributed by atoms with E-state index in [4.69, 9.17) is 11.6 Å². The summed E-state index contributed by atoms with van der Waals surface area (Å²) < 4.78 is 0.792. The average Bonchev–Trinajstić information content (AvgIpc) is 3.23. The Hall–Kier alpha value is -2.15. The molecule has 1 amide bonds. The number of carbonyl (C=O) groups excluding carboxylic acids is 1. The smallest absolute Gasteiger partial charge is 0.258 e. The van der Waals surface area contributed by atoms with E-state index in [0.717, 1.165) is 26.6 Å². The molecule has 0 saturated carbocycles. The molecule has 0 aliphatic heterocycles. The van der Waals surface area contributed by atoms with Crippen LogP contribution in [0.25, 0.3) is 22.2 Å². The van der Waals surface area contributed by atoms with Crippen molar-refractivity contribution >= 4 is 60.8 Å². The molecule has 2 heterocycles. The van der Waals surface area contributed by atoms with Gasteiger partial charge < -0.3 is 4.98 Å². The molecule has 0 aliphatic carbocycles. The molecule has 4 aromatic rings. The number of nitrogens with one attached hydrogen (secondary N) is 2. The van der Waals surface area contributed by atoms with Gasteiger partial charge in [-0.2, -0.15) is 0 Å². The number of rotatable bonds is 3. The van der Waals surface area contributed by atoms with E-state index in [0.29, 0.717) is 15.7 Å². The number of amides is 1. The first-order chi connectivity index (χ1) is 12.1. The SMILES string of the molecule is O=C(Nc1nc(-c2c[nH]c3ccccc23)cs1)c1cc(Br)ccc1Cl. The molecule has 0 saturated heterocycles. The number of aromatic nitrogens is 2. The Labute approximate surface area is 161 Å². The zero-order valence-corrected chi connectivity index (χ0v) is 15.9. The van der Waals surface area contributed by atoms with E-state index >= 15 is 0 Å². The van der Waals surface area contributed by atoms with Gasteiger partial charge in [-0.15, -0.1) is 11.3 Å². The van der Waals surface area contributed by atoms with Crippen molar-refractivity contribution in [2.45, 2.75) is 0 Å². The first-order valence-corrected chi connectivity index (χ1v) is 9.45. The minimum absolute atomic E-state index is 0.286. The third kappa shape index (κ3) is 3.20. The second-order valence-corrected chi connectivity index (χ2v) is 7.55. The van der Waals surface area contributed by atoms with Gasteiger partial charge in [0.1, 0.15) is 0 Å². The van der Waals surface area contributed by atoms with Crippen molar-refractivity contribution in [1.29, 1.82) is 0 Å². The van der Waals surface area contributed by atoms with E-state index in [1.54, 1.807) is 18.2 Å². The van der Waals surface area contributed by atoms with Crippen LogP contribution < -0.4 is 5.32 Å². The van der Waals surface area contributed by atoms with Gasteiger partial charge in [0, 0.05) is 32.5 Å². The molecule has 2 aromatic heterocycles. The van der Waals surface area contributed by atoms with Gasteiger partial charge in [0.05, 0.1) is 16.3 Å². The molecular formula is C18H11BrClN3OS. The maximum absolute atomic E-state index is 12.4. The maximum atomic E-state index is 12.4. The van der Waals surface area contributed by atoms with E-state index < -0.39 is 0 Å². The fourth-order valence-electron chi connectivity index (χ4n) is 2.57. The van der Waals surface area contributed by atoms with Crippen molar-refractivity contribution in [3.8, 4) is 11.3 Å². The maximum Gasteiger partial charge on any atom is 0.258 e. The molecule has 2 aromatic carbocycles. The highest BCUT2D eigenvalue weighted by Crippen LogP contribution is 2.31. The number of nitrogens with zero attached hydrogens (tertiary/aromatic N) is 1. The average molecular weight is 433 g/mol. The lowest BCUT2D eigenvalue weighted by Crippen LogP contribution is -2.12. The number of carbonyl (C=O) groups is 1. The topological polar surface area (TPSA) is 57.8 Å². The standard InChI is InChI=1S/C18H11BrClN3OS/c19-10-5-6-14(20)12(7-10)17(24)23-18-22-16(9-25-18)13-8-21-15-4-2-1-3-11(13)15/h1-9,21H,(H,22,23,24). The summed E-state index contributed by atoms with van der Waals surface area (Å²) in [6, 6.07) is 13.2. The molecule has 7 heteroatoms. The summed E-state index contributed by atoms with van der Waals surface area (Å²) in [5, 5.41) is 6.76. The van der Waals surface area contributed by atoms with Gasteiger partial charge in [-0.1, -0.05) is 45.7 Å². The fourth-order valence-corrected chi connectivity index (χ4v) is 3.84. The predicted octanol–water partition coefficient (Wildman–Crippen LogP) is 5.96. The van der Waals surface area contributed by atoms with Gasteiger partial charge in [-0.25, -0.2) is 4.98 Å². The summed E-state index contributed by atoms with van der Waals surface area (Å²) in [7, 11) is 0. The van der Waals surface area contributed by atoms with Gasteiger partial charge in [0.15, 0.2) is 5.13 Å². The second kappa shape index (κ2) is 6.63. The van der Waals surface area contributed by atoms with Crippen LogP contribution >= 0.6 is 38.9 Å². The molecule has 25 heavy (non-hydrogen) atoms. The van der Waals surface area contributed by atoms with Crippen LogP contribution in [0.4, 0.5) is 5.13 Å². The Kier molecular flexibility index (Phi) is 4.33. The molecule has 2 N–H and O–H groups in total. The van der Waals surface area contributed by atoms with Crippen LogP contribution in [0.2, 0.25) is 5.02 Å². The van der Waals surface area contributed by atoms with Crippen LogP contribution in [0, 0.1) is 0 Å². The fraction of sp³-hybridized carbons (Fsp3) is 0. The van der Waals surface area contributed by atoms with E-state index in [9.17, 15) is 4.79 Å². The third-order valence-corrected chi connectivity index (χ3v) is 5.34. The summed E-state index contributed by atoms with van der Waals surface area (Å²) in [5.74, 6) is -0.286. The number of benzene rings is 2. The largest absolute Gasteiger partial charge is 0.360 e. The first kappa shape index (κ1) is 16.3. The van der Waals surface area contributed by atoms with Crippen LogP contribution in [0.5, 0.6) is 0 Å². The quantitative estimate of drug-likeness (QED) is 0.419. The first-order valence-electron chi connectivity index (χ1n) is 7.40. The molecule has 0 atom stereocenters. The lowest BCUT2D eigenvalue weighted by atomic mass is 10.1. The number of para-hydroxylation sites is 1. The van der Waals surface area contributed by atoms with Crippen LogP contribution in [0.15, 0.2) is 58.5 Å². The molecule has 0 fully saturated rings. The van der Waals surface area contributed by atoms with Crippen LogP contribution in [-0.2, 0) is 0 Å². The molecule has 0 aliphatic rings. The number of aromatic amines is 1. The summed E-state index contributed by atoms with van der Waals surface area (Å²) in [6.07, 6.45) is 1.93. The highest BCUT2D eigenvalue weighted by Gasteiger charge is 2.14. The Morgan fingerprint density at radius 1 is 1.24 bits per heavy atom. The van der Waals surface area contributed by atoms with Crippen molar-refractivity contribution < 1.29 is 4.79 Å². The van der Waals surface area contributed by atoms with E-state index in [-0.39, 0.29) is 5.91 Å². The summed E-state index contributed by atoms with van der Waals surface area (Å²) in [4.78, 5) is 20.2. The molecule has 0 radical (unpaired) electrons. The highest BCUT2D eigenvalue weighted by molar-refractivity contribution is 9.10. The van der Waals surface area contributed by atoms with Gasteiger partial charge >= 0.3 is 0 Å². The summed E-state index contributed by atoms with van der Waals surface area (Å²) in [6.45, 7) is 0. The zero-order chi connectivity index (χ0) is 17.4. The monoisotopic (exact) mass is 431 g/mol. The lowest BCUT2D eigenvalue weighted by Gasteiger charge is -2.04. The van der Waals surface area contributed by atoms with Crippen molar-refractivity contribution in [3.63, 3.8) is 0 Å². The number of hydrogen-bond donors (Lipinski definition) is 2. The number of halogens is 2. The number of fused-ring (bicyclic) bond motifs is 1. The Morgan fingerprint density at radius 3 is 2.96 bits per heavy atom. The Bertz CT molecular complexity index is 1090. The Balaban J connectivity index is 1.61. The third-order valence-electron chi connectivity index (χ3n) is 3.76. The van der Waals surface area contributed by atoms with E-state index in [1.807, 2.05) is 35.8 Å². The number of hydrogen-bond acceptors (Lipinski definition) is 3. The molecule has 4 rings (SSSR count). The highest BCUT2D eigenvalue weighted by atomic mass is 79.9. The van der Waals surface area contributed by atoms with Crippen LogP contribution in [0.1, 0.15) is 10.4 Å². The minimum Gasteiger partial charge on any atom is -0.360 e. The van der Waals surface area contributed by atoms with E-state index in [1.165, 1.54) is 11.3 Å². The second-order valence-electron chi connectivity index (χ2n) is 5.36. The molecule has 0 spiro atoms. The van der Waals surface area contributed by atoms with Crippen molar-refractivity contribution in [2.24, 2.45) is 0 Å². The summed E-state index contributed by atoms with van der Waals surface area (Å²) >= 11 is 10.8. The van der Waals surface area contributed by atoms with Crippen molar-refractivity contribution in [2.75, 3.05) is 5.32 Å². The molecule has 0 bridgehead atoms. The van der Waals surface area contributed by atoms with Gasteiger partial charge in [0.25, 0.3) is 5.91 Å². The molecule has 0 unspecified atom stereocenters. The van der Waals surface area contributed by atoms with Crippen molar-refractivity contribution in [3.05, 3.63) is 69.1 Å². The lowest BCUT2D eigenvalue weighted by molar-refractivity contribution is 0.102. The normalized spacial score (nSPS) is 11.0. The van der Waals surface area contributed by atoms with E-state index in [2.05, 4.69) is 31.2 Å². The van der Waals surface area contributed by atoms with Gasteiger partial charge in [-0.05, 0) is 24.3 Å². The Morgan fingerprint density at radius 2 is 2.08 bits per heavy atom. The van der Waals surface area contributed by atoms with Crippen LogP contribution in [-0.4, -0.2) is 15.9 Å². The zero-order valence-electron chi connectivity index (χ0n) is 12.7. The minimum atomic E-state index is -0.286. The molecule has 4 nitrogen and oxygen atoms in total. The molecule has 124 valence electrons. The molecular weight excluding hydrogens is 422 g/mol.